The summed E-state index contributed by atoms with van der Waals surface area (Å²) in [6, 6.07) is 6.26. The third-order valence-corrected chi connectivity index (χ3v) is 9.95. The Morgan fingerprint density at radius 2 is 1.62 bits per heavy atom. The molecule has 3 fully saturated rings. The van der Waals surface area contributed by atoms with Crippen LogP contribution in [0.3, 0.4) is 0 Å². The summed E-state index contributed by atoms with van der Waals surface area (Å²) in [5.41, 5.74) is 1.63. The molecular formula is C35H53N5O5. The van der Waals surface area contributed by atoms with Gasteiger partial charge in [-0.25, -0.2) is 9.79 Å². The van der Waals surface area contributed by atoms with Crippen LogP contribution in [0.5, 0.6) is 5.75 Å². The van der Waals surface area contributed by atoms with Crippen LogP contribution in [0.15, 0.2) is 23.2 Å². The third-order valence-electron chi connectivity index (χ3n) is 9.95. The van der Waals surface area contributed by atoms with Gasteiger partial charge in [0.25, 0.3) is 0 Å². The van der Waals surface area contributed by atoms with E-state index < -0.39 is 6.09 Å². The Hall–Kier alpha value is -3.30. The van der Waals surface area contributed by atoms with Gasteiger partial charge in [0, 0.05) is 37.7 Å². The molecule has 1 aliphatic heterocycles. The standard InChI is InChI=1S/C35H53N5O5/c1-39(29-16-9-4-10-17-29)33(42)18-11-21-44-30-19-20-31-27(22-30)23-40(24-32(41)36-28-14-7-3-8-15-28)34(37-31)38-35(43)45-25-26-12-5-2-6-13-26/h19-20,22,26,28-29H,2-18,21,23-25H2,1H3,(H,36,41)(H,37,38,43). The maximum atomic E-state index is 13.1. The molecule has 0 saturated heterocycles. The zero-order valence-corrected chi connectivity index (χ0v) is 27.2. The lowest BCUT2D eigenvalue weighted by Crippen LogP contribution is -2.50. The monoisotopic (exact) mass is 623 g/mol. The number of guanidine groups is 1. The van der Waals surface area contributed by atoms with Crippen LogP contribution in [0.25, 0.3) is 0 Å². The lowest BCUT2D eigenvalue weighted by molar-refractivity contribution is -0.132. The zero-order chi connectivity index (χ0) is 31.4. The van der Waals surface area contributed by atoms with Crippen LogP contribution < -0.4 is 15.4 Å². The summed E-state index contributed by atoms with van der Waals surface area (Å²) >= 11 is 0. The molecule has 0 spiro atoms. The topological polar surface area (TPSA) is 113 Å². The minimum Gasteiger partial charge on any atom is -0.494 e. The first kappa shape index (κ1) is 33.1. The Bertz CT molecular complexity index is 1170. The van der Waals surface area contributed by atoms with Crippen molar-refractivity contribution < 1.29 is 23.9 Å². The highest BCUT2D eigenvalue weighted by molar-refractivity contribution is 5.98. The second kappa shape index (κ2) is 16.9. The maximum absolute atomic E-state index is 13.1. The van der Waals surface area contributed by atoms with Gasteiger partial charge in [0.15, 0.2) is 0 Å². The van der Waals surface area contributed by atoms with E-state index in [1.54, 1.807) is 4.90 Å². The van der Waals surface area contributed by atoms with E-state index in [4.69, 9.17) is 14.5 Å². The van der Waals surface area contributed by atoms with Crippen LogP contribution in [0, 0.1) is 5.92 Å². The number of ether oxygens (including phenoxy) is 2. The Labute approximate surface area is 268 Å². The van der Waals surface area contributed by atoms with Crippen molar-refractivity contribution in [2.24, 2.45) is 10.9 Å². The molecule has 0 radical (unpaired) electrons. The maximum Gasteiger partial charge on any atom is 0.413 e. The minimum absolute atomic E-state index is 0.0781. The fraction of sp³-hybridized carbons (Fsp3) is 0.714. The number of amides is 3. The van der Waals surface area contributed by atoms with Crippen LogP contribution in [0.2, 0.25) is 0 Å². The van der Waals surface area contributed by atoms with Gasteiger partial charge in [0.05, 0.1) is 18.9 Å². The smallest absolute Gasteiger partial charge is 0.413 e. The number of nitrogens with one attached hydrogen (secondary N) is 2. The quantitative estimate of drug-likeness (QED) is 0.284. The van der Waals surface area contributed by atoms with Crippen molar-refractivity contribution >= 4 is 29.6 Å². The van der Waals surface area contributed by atoms with Crippen LogP contribution in [-0.2, 0) is 20.9 Å². The molecule has 1 aromatic carbocycles. The molecule has 1 heterocycles. The van der Waals surface area contributed by atoms with Crippen LogP contribution in [0.1, 0.15) is 115 Å². The van der Waals surface area contributed by atoms with Crippen molar-refractivity contribution in [3.05, 3.63) is 23.8 Å². The summed E-state index contributed by atoms with van der Waals surface area (Å²) in [6.45, 7) is 1.33. The molecule has 3 amide bonds. The van der Waals surface area contributed by atoms with Gasteiger partial charge in [-0.15, -0.1) is 0 Å². The summed E-state index contributed by atoms with van der Waals surface area (Å²) in [6.07, 6.45) is 17.8. The number of alkyl carbamates (subject to hydrolysis) is 1. The Morgan fingerprint density at radius 3 is 2.36 bits per heavy atom. The predicted molar refractivity (Wildman–Crippen MR) is 174 cm³/mol. The first-order chi connectivity index (χ1) is 21.9. The summed E-state index contributed by atoms with van der Waals surface area (Å²) in [5, 5.41) is 6.01. The van der Waals surface area contributed by atoms with Gasteiger partial charge in [-0.2, -0.15) is 0 Å². The number of hydrogen-bond acceptors (Lipinski definition) is 7. The summed E-state index contributed by atoms with van der Waals surface area (Å²) in [4.78, 5) is 47.1. The number of rotatable bonds is 11. The lowest BCUT2D eigenvalue weighted by Gasteiger charge is -2.31. The molecule has 0 unspecified atom stereocenters. The number of carbonyl (C=O) groups is 3. The first-order valence-electron chi connectivity index (χ1n) is 17.5. The molecule has 2 N–H and O–H groups in total. The SMILES string of the molecule is CN(C(=O)CCCOc1ccc2c(c1)CN(CC(=O)NC1CCCCC1)C(NC(=O)OCC1CCCCC1)=N2)C1CCCCC1. The Morgan fingerprint density at radius 1 is 0.933 bits per heavy atom. The van der Waals surface area contributed by atoms with E-state index in [9.17, 15) is 14.4 Å². The molecule has 0 bridgehead atoms. The van der Waals surface area contributed by atoms with E-state index in [1.165, 1.54) is 44.9 Å². The number of aliphatic imine (C=N–C) groups is 1. The highest BCUT2D eigenvalue weighted by atomic mass is 16.5. The first-order valence-corrected chi connectivity index (χ1v) is 17.5. The summed E-state index contributed by atoms with van der Waals surface area (Å²) in [5.74, 6) is 1.54. The van der Waals surface area contributed by atoms with Gasteiger partial charge >= 0.3 is 6.09 Å². The second-order valence-corrected chi connectivity index (χ2v) is 13.5. The van der Waals surface area contributed by atoms with Crippen LogP contribution >= 0.6 is 0 Å². The number of nitrogens with zero attached hydrogens (tertiary/aromatic N) is 3. The van der Waals surface area contributed by atoms with Crippen molar-refractivity contribution in [1.82, 2.24) is 20.4 Å². The van der Waals surface area contributed by atoms with Gasteiger partial charge < -0.3 is 24.6 Å². The molecule has 10 heteroatoms. The van der Waals surface area contributed by atoms with E-state index in [2.05, 4.69) is 10.6 Å². The lowest BCUT2D eigenvalue weighted by atomic mass is 9.90. The molecule has 0 atom stereocenters. The fourth-order valence-corrected chi connectivity index (χ4v) is 7.22. The largest absolute Gasteiger partial charge is 0.494 e. The highest BCUT2D eigenvalue weighted by Crippen LogP contribution is 2.30. The molecule has 4 aliphatic rings. The van der Waals surface area contributed by atoms with Gasteiger partial charge in [0.2, 0.25) is 17.8 Å². The summed E-state index contributed by atoms with van der Waals surface area (Å²) < 4.78 is 11.6. The number of hydrogen-bond donors (Lipinski definition) is 2. The number of benzene rings is 1. The average Bonchev–Trinajstić information content (AvgIpc) is 3.07. The Kier molecular flexibility index (Phi) is 12.4. The van der Waals surface area contributed by atoms with E-state index in [0.717, 1.165) is 62.6 Å². The predicted octanol–water partition coefficient (Wildman–Crippen LogP) is 6.20. The van der Waals surface area contributed by atoms with Crippen molar-refractivity contribution in [2.45, 2.75) is 128 Å². The normalized spacial score (nSPS) is 19.7. The Balaban J connectivity index is 1.17. The van der Waals surface area contributed by atoms with Crippen LogP contribution in [-0.4, -0.2) is 72.6 Å². The number of fused-ring (bicyclic) bond motifs is 1. The van der Waals surface area contributed by atoms with Crippen molar-refractivity contribution in [3.63, 3.8) is 0 Å². The van der Waals surface area contributed by atoms with Gasteiger partial charge in [-0.05, 0) is 69.1 Å². The molecule has 10 nitrogen and oxygen atoms in total. The molecule has 5 rings (SSSR count). The van der Waals surface area contributed by atoms with Crippen molar-refractivity contribution in [3.8, 4) is 5.75 Å². The van der Waals surface area contributed by atoms with Gasteiger partial charge in [0.1, 0.15) is 12.3 Å². The molecule has 3 saturated carbocycles. The van der Waals surface area contributed by atoms with Crippen LogP contribution in [0.4, 0.5) is 10.5 Å². The van der Waals surface area contributed by atoms with Gasteiger partial charge in [-0.3, -0.25) is 14.9 Å². The molecule has 45 heavy (non-hydrogen) atoms. The van der Waals surface area contributed by atoms with Crippen molar-refractivity contribution in [2.75, 3.05) is 26.8 Å². The van der Waals surface area contributed by atoms with E-state index in [-0.39, 0.29) is 24.4 Å². The summed E-state index contributed by atoms with van der Waals surface area (Å²) in [7, 11) is 1.93. The average molecular weight is 624 g/mol. The molecular weight excluding hydrogens is 570 g/mol. The van der Waals surface area contributed by atoms with E-state index >= 15 is 0 Å². The second-order valence-electron chi connectivity index (χ2n) is 13.5. The zero-order valence-electron chi connectivity index (χ0n) is 27.2. The van der Waals surface area contributed by atoms with E-state index in [1.807, 2.05) is 30.1 Å². The van der Waals surface area contributed by atoms with E-state index in [0.29, 0.717) is 56.3 Å². The molecule has 1 aromatic rings. The molecule has 0 aromatic heterocycles. The highest BCUT2D eigenvalue weighted by Gasteiger charge is 2.27. The van der Waals surface area contributed by atoms with Crippen molar-refractivity contribution in [1.29, 1.82) is 0 Å². The molecule has 248 valence electrons. The third kappa shape index (κ3) is 10.1. The fourth-order valence-electron chi connectivity index (χ4n) is 7.22. The minimum atomic E-state index is -0.538. The number of carbonyl (C=O) groups excluding carboxylic acids is 3. The van der Waals surface area contributed by atoms with Gasteiger partial charge in [-0.1, -0.05) is 57.8 Å². The molecule has 3 aliphatic carbocycles.